The van der Waals surface area contributed by atoms with Gasteiger partial charge >= 0.3 is 0 Å². The highest BCUT2D eigenvalue weighted by Gasteiger charge is 2.24. The molecule has 0 aromatic heterocycles. The van der Waals surface area contributed by atoms with Gasteiger partial charge in [-0.3, -0.25) is 0 Å². The molecular formula is C14H23NO3S. The van der Waals surface area contributed by atoms with Crippen molar-refractivity contribution in [2.45, 2.75) is 57.1 Å². The molecule has 0 spiro atoms. The third-order valence-corrected chi connectivity index (χ3v) is 4.93. The summed E-state index contributed by atoms with van der Waals surface area (Å²) in [5, 5.41) is 9.78. The Morgan fingerprint density at radius 3 is 2.47 bits per heavy atom. The largest absolute Gasteiger partial charge is 0.388 e. The van der Waals surface area contributed by atoms with Crippen molar-refractivity contribution in [1.29, 1.82) is 0 Å². The Bertz CT molecular complexity index is 523. The number of sulfonamides is 1. The highest BCUT2D eigenvalue weighted by atomic mass is 32.2. The summed E-state index contributed by atoms with van der Waals surface area (Å²) in [5.74, 6) is 0. The Morgan fingerprint density at radius 1 is 1.32 bits per heavy atom. The summed E-state index contributed by atoms with van der Waals surface area (Å²) >= 11 is 0. The highest BCUT2D eigenvalue weighted by molar-refractivity contribution is 7.89. The van der Waals surface area contributed by atoms with Gasteiger partial charge in [0.05, 0.1) is 11.0 Å². The summed E-state index contributed by atoms with van der Waals surface area (Å²) in [7, 11) is -3.56. The quantitative estimate of drug-likeness (QED) is 0.844. The van der Waals surface area contributed by atoms with E-state index in [-0.39, 0.29) is 4.90 Å². The van der Waals surface area contributed by atoms with E-state index in [0.717, 1.165) is 0 Å². The Balaban J connectivity index is 3.09. The van der Waals surface area contributed by atoms with Crippen LogP contribution in [0.15, 0.2) is 29.2 Å². The third kappa shape index (κ3) is 4.30. The fraction of sp³-hybridized carbons (Fsp3) is 0.571. The number of benzene rings is 1. The summed E-state index contributed by atoms with van der Waals surface area (Å²) in [6.45, 7) is 7.47. The first-order chi connectivity index (χ1) is 8.72. The van der Waals surface area contributed by atoms with Gasteiger partial charge in [-0.15, -0.1) is 0 Å². The smallest absolute Gasteiger partial charge is 0.241 e. The Morgan fingerprint density at radius 2 is 1.95 bits per heavy atom. The summed E-state index contributed by atoms with van der Waals surface area (Å²) in [5.41, 5.74) is 0.137. The van der Waals surface area contributed by atoms with E-state index < -0.39 is 21.7 Å². The summed E-state index contributed by atoms with van der Waals surface area (Å²) in [4.78, 5) is 0.194. The Kier molecular flexibility index (Phi) is 5.12. The van der Waals surface area contributed by atoms with Crippen molar-refractivity contribution in [1.82, 2.24) is 4.72 Å². The van der Waals surface area contributed by atoms with Gasteiger partial charge in [-0.2, -0.15) is 0 Å². The van der Waals surface area contributed by atoms with Gasteiger partial charge in [0.25, 0.3) is 0 Å². The SMILES string of the molecule is CCC(O)c1cccc(S(=O)(=O)NC(C)(C)CC)c1. The zero-order valence-corrected chi connectivity index (χ0v) is 12.8. The van der Waals surface area contributed by atoms with Gasteiger partial charge in [0.15, 0.2) is 0 Å². The van der Waals surface area contributed by atoms with Crippen LogP contribution in [0, 0.1) is 0 Å². The molecule has 0 radical (unpaired) electrons. The second kappa shape index (κ2) is 6.03. The van der Waals surface area contributed by atoms with Crippen LogP contribution in [0.3, 0.4) is 0 Å². The zero-order chi connectivity index (χ0) is 14.7. The number of hydrogen-bond donors (Lipinski definition) is 2. The van der Waals surface area contributed by atoms with Crippen molar-refractivity contribution in [3.8, 4) is 0 Å². The average molecular weight is 285 g/mol. The van der Waals surface area contributed by atoms with Crippen LogP contribution < -0.4 is 4.72 Å². The minimum atomic E-state index is -3.56. The fourth-order valence-corrected chi connectivity index (χ4v) is 3.16. The second-order valence-electron chi connectivity index (χ2n) is 5.34. The first-order valence-corrected chi connectivity index (χ1v) is 8.02. The van der Waals surface area contributed by atoms with Crippen LogP contribution in [0.4, 0.5) is 0 Å². The first kappa shape index (κ1) is 16.1. The van der Waals surface area contributed by atoms with Crippen molar-refractivity contribution < 1.29 is 13.5 Å². The molecule has 2 N–H and O–H groups in total. The Labute approximate surface area is 115 Å². The molecule has 0 amide bonds. The summed E-state index contributed by atoms with van der Waals surface area (Å²) in [6, 6.07) is 6.46. The van der Waals surface area contributed by atoms with Crippen molar-refractivity contribution in [2.24, 2.45) is 0 Å². The predicted molar refractivity (Wildman–Crippen MR) is 76.4 cm³/mol. The van der Waals surface area contributed by atoms with Crippen LogP contribution in [0.25, 0.3) is 0 Å². The highest BCUT2D eigenvalue weighted by Crippen LogP contribution is 2.21. The normalized spacial score (nSPS) is 14.4. The van der Waals surface area contributed by atoms with Crippen LogP contribution in [0.5, 0.6) is 0 Å². The maximum Gasteiger partial charge on any atom is 0.241 e. The molecule has 0 aliphatic rings. The van der Waals surface area contributed by atoms with Crippen LogP contribution in [-0.2, 0) is 10.0 Å². The van der Waals surface area contributed by atoms with Crippen molar-refractivity contribution >= 4 is 10.0 Å². The molecule has 0 fully saturated rings. The summed E-state index contributed by atoms with van der Waals surface area (Å²) < 4.78 is 27.2. The van der Waals surface area contributed by atoms with Crippen molar-refractivity contribution in [3.63, 3.8) is 0 Å². The van der Waals surface area contributed by atoms with Gasteiger partial charge in [-0.05, 0) is 44.4 Å². The van der Waals surface area contributed by atoms with Gasteiger partial charge in [0, 0.05) is 5.54 Å². The van der Waals surface area contributed by atoms with Crippen LogP contribution >= 0.6 is 0 Å². The molecular weight excluding hydrogens is 262 g/mol. The van der Waals surface area contributed by atoms with Gasteiger partial charge in [0.2, 0.25) is 10.0 Å². The minimum absolute atomic E-state index is 0.194. The second-order valence-corrected chi connectivity index (χ2v) is 7.02. The third-order valence-electron chi connectivity index (χ3n) is 3.23. The van der Waals surface area contributed by atoms with Crippen LogP contribution in [-0.4, -0.2) is 19.1 Å². The van der Waals surface area contributed by atoms with E-state index in [1.54, 1.807) is 18.2 Å². The van der Waals surface area contributed by atoms with Gasteiger partial charge < -0.3 is 5.11 Å². The van der Waals surface area contributed by atoms with Gasteiger partial charge in [-0.25, -0.2) is 13.1 Å². The molecule has 0 heterocycles. The molecule has 0 saturated heterocycles. The molecule has 4 nitrogen and oxygen atoms in total. The Hall–Kier alpha value is -0.910. The van der Waals surface area contributed by atoms with E-state index in [1.807, 2.05) is 27.7 Å². The molecule has 0 aliphatic heterocycles. The molecule has 1 aromatic rings. The molecule has 1 aromatic carbocycles. The lowest BCUT2D eigenvalue weighted by atomic mass is 10.0. The predicted octanol–water partition coefficient (Wildman–Crippen LogP) is 2.60. The number of hydrogen-bond acceptors (Lipinski definition) is 3. The molecule has 1 rings (SSSR count). The van der Waals surface area contributed by atoms with Crippen LogP contribution in [0.2, 0.25) is 0 Å². The number of aliphatic hydroxyl groups excluding tert-OH is 1. The first-order valence-electron chi connectivity index (χ1n) is 6.54. The van der Waals surface area contributed by atoms with Crippen molar-refractivity contribution in [2.75, 3.05) is 0 Å². The molecule has 5 heteroatoms. The lowest BCUT2D eigenvalue weighted by Gasteiger charge is -2.24. The van der Waals surface area contributed by atoms with E-state index in [1.165, 1.54) is 6.07 Å². The number of aliphatic hydroxyl groups is 1. The van der Waals surface area contributed by atoms with Crippen molar-refractivity contribution in [3.05, 3.63) is 29.8 Å². The van der Waals surface area contributed by atoms with E-state index in [0.29, 0.717) is 18.4 Å². The standard InChI is InChI=1S/C14H23NO3S/c1-5-13(16)11-8-7-9-12(10-11)19(17,18)15-14(3,4)6-2/h7-10,13,15-16H,5-6H2,1-4H3. The topological polar surface area (TPSA) is 66.4 Å². The maximum atomic E-state index is 12.3. The van der Waals surface area contributed by atoms with E-state index in [4.69, 9.17) is 0 Å². The zero-order valence-electron chi connectivity index (χ0n) is 12.0. The van der Waals surface area contributed by atoms with Gasteiger partial charge in [0.1, 0.15) is 0 Å². The minimum Gasteiger partial charge on any atom is -0.388 e. The number of rotatable bonds is 6. The molecule has 108 valence electrons. The van der Waals surface area contributed by atoms with E-state index in [2.05, 4.69) is 4.72 Å². The molecule has 0 bridgehead atoms. The molecule has 0 aliphatic carbocycles. The fourth-order valence-electron chi connectivity index (χ4n) is 1.62. The summed E-state index contributed by atoms with van der Waals surface area (Å²) in [6.07, 6.45) is 0.621. The van der Waals surface area contributed by atoms with Gasteiger partial charge in [-0.1, -0.05) is 26.0 Å². The lowest BCUT2D eigenvalue weighted by Crippen LogP contribution is -2.42. The monoisotopic (exact) mass is 285 g/mol. The molecule has 1 atom stereocenters. The van der Waals surface area contributed by atoms with E-state index in [9.17, 15) is 13.5 Å². The molecule has 0 saturated carbocycles. The van der Waals surface area contributed by atoms with E-state index >= 15 is 0 Å². The number of nitrogens with one attached hydrogen (secondary N) is 1. The lowest BCUT2D eigenvalue weighted by molar-refractivity contribution is 0.173. The maximum absolute atomic E-state index is 12.3. The average Bonchev–Trinajstić information content (AvgIpc) is 2.37. The molecule has 19 heavy (non-hydrogen) atoms. The molecule has 1 unspecified atom stereocenters. The van der Waals surface area contributed by atoms with Crippen LogP contribution in [0.1, 0.15) is 52.2 Å².